The Bertz CT molecular complexity index is 371. The average Bonchev–Trinajstić information content (AvgIpc) is 2.63. The van der Waals surface area contributed by atoms with E-state index in [0.29, 0.717) is 0 Å². The zero-order valence-electron chi connectivity index (χ0n) is 15.7. The van der Waals surface area contributed by atoms with Crippen LogP contribution in [0.1, 0.15) is 61.0 Å². The summed E-state index contributed by atoms with van der Waals surface area (Å²) < 4.78 is 0. The molecule has 0 amide bonds. The van der Waals surface area contributed by atoms with Crippen LogP contribution in [0.3, 0.4) is 0 Å². The molecule has 21 heavy (non-hydrogen) atoms. The molecule has 0 fully saturated rings. The van der Waals surface area contributed by atoms with Crippen molar-refractivity contribution in [2.75, 3.05) is 0 Å². The molecule has 0 saturated carbocycles. The fourth-order valence-electron chi connectivity index (χ4n) is 1.38. The molecule has 0 bridgehead atoms. The van der Waals surface area contributed by atoms with Crippen molar-refractivity contribution in [3.05, 3.63) is 60.2 Å². The van der Waals surface area contributed by atoms with E-state index in [1.807, 2.05) is 61.5 Å². The Hall–Kier alpha value is -1.56. The first kappa shape index (κ1) is 24.5. The van der Waals surface area contributed by atoms with Gasteiger partial charge in [0.25, 0.3) is 0 Å². The summed E-state index contributed by atoms with van der Waals surface area (Å²) in [6.07, 6.45) is 0. The highest BCUT2D eigenvalue weighted by atomic mass is 14.0. The van der Waals surface area contributed by atoms with Crippen LogP contribution in [0.25, 0.3) is 11.1 Å². The third kappa shape index (κ3) is 11.9. The molecular formula is C21H36. The molecule has 0 saturated heterocycles. The van der Waals surface area contributed by atoms with Crippen molar-refractivity contribution in [3.8, 4) is 11.1 Å². The van der Waals surface area contributed by atoms with Gasteiger partial charge in [0.05, 0.1) is 0 Å². The fraction of sp³-hybridized carbons (Fsp3) is 0.429. The molecule has 2 aromatic carbocycles. The fourth-order valence-corrected chi connectivity index (χ4v) is 1.38. The maximum absolute atomic E-state index is 2.16. The summed E-state index contributed by atoms with van der Waals surface area (Å²) in [4.78, 5) is 0. The molecule has 0 atom stereocenters. The smallest absolute Gasteiger partial charge is 0.0184 e. The van der Waals surface area contributed by atoms with E-state index in [2.05, 4.69) is 55.5 Å². The lowest BCUT2D eigenvalue weighted by molar-refractivity contribution is 1.47. The van der Waals surface area contributed by atoms with Crippen LogP contribution >= 0.6 is 0 Å². The van der Waals surface area contributed by atoms with Crippen molar-refractivity contribution >= 4 is 0 Å². The van der Waals surface area contributed by atoms with Gasteiger partial charge in [-0.1, -0.05) is 116 Å². The van der Waals surface area contributed by atoms with E-state index in [-0.39, 0.29) is 0 Å². The van der Waals surface area contributed by atoms with E-state index in [9.17, 15) is 0 Å². The molecule has 2 aromatic rings. The second-order valence-electron chi connectivity index (χ2n) is 3.23. The first-order chi connectivity index (χ1) is 10.4. The van der Waals surface area contributed by atoms with Gasteiger partial charge < -0.3 is 0 Å². The van der Waals surface area contributed by atoms with Crippen LogP contribution in [0.4, 0.5) is 0 Å². The Morgan fingerprint density at radius 3 is 1.14 bits per heavy atom. The van der Waals surface area contributed by atoms with Crippen molar-refractivity contribution < 1.29 is 0 Å². The molecule has 120 valence electrons. The van der Waals surface area contributed by atoms with Gasteiger partial charge >= 0.3 is 0 Å². The second kappa shape index (κ2) is 20.8. The maximum atomic E-state index is 2.16. The molecule has 0 spiro atoms. The molecule has 0 aliphatic rings. The lowest BCUT2D eigenvalue weighted by atomic mass is 10.0. The molecule has 0 unspecified atom stereocenters. The lowest BCUT2D eigenvalue weighted by Gasteiger charge is -2.00. The number of hydrogen-bond acceptors (Lipinski definition) is 0. The molecule has 0 heteroatoms. The summed E-state index contributed by atoms with van der Waals surface area (Å²) in [6.45, 7) is 18.1. The van der Waals surface area contributed by atoms with Crippen molar-refractivity contribution in [3.63, 3.8) is 0 Å². The van der Waals surface area contributed by atoms with Crippen LogP contribution in [-0.2, 0) is 0 Å². The standard InChI is InChI=1S/C13H12.4C2H6/c1-11-7-9-13(10-8-11)12-5-3-2-4-6-12;4*1-2/h2-10H,1H3;4*1-2H3. The number of aryl methyl sites for hydroxylation is 1. The van der Waals surface area contributed by atoms with Gasteiger partial charge in [0.15, 0.2) is 0 Å². The summed E-state index contributed by atoms with van der Waals surface area (Å²) in [6, 6.07) is 19.0. The highest BCUT2D eigenvalue weighted by molar-refractivity contribution is 5.63. The molecule has 0 radical (unpaired) electrons. The third-order valence-corrected chi connectivity index (χ3v) is 2.16. The van der Waals surface area contributed by atoms with E-state index < -0.39 is 0 Å². The van der Waals surface area contributed by atoms with Gasteiger partial charge in [-0.3, -0.25) is 0 Å². The average molecular weight is 289 g/mol. The Kier molecular flexibility index (Phi) is 24.2. The highest BCUT2D eigenvalue weighted by Crippen LogP contribution is 2.18. The highest BCUT2D eigenvalue weighted by Gasteiger charge is 1.93. The van der Waals surface area contributed by atoms with Crippen molar-refractivity contribution in [2.45, 2.75) is 62.3 Å². The lowest BCUT2D eigenvalue weighted by Crippen LogP contribution is -1.76. The van der Waals surface area contributed by atoms with Crippen LogP contribution in [0.15, 0.2) is 54.6 Å². The molecule has 0 aromatic heterocycles. The van der Waals surface area contributed by atoms with E-state index in [1.165, 1.54) is 16.7 Å². The molecule has 2 rings (SSSR count). The van der Waals surface area contributed by atoms with Gasteiger partial charge in [0.1, 0.15) is 0 Å². The van der Waals surface area contributed by atoms with Crippen LogP contribution in [-0.4, -0.2) is 0 Å². The summed E-state index contributed by atoms with van der Waals surface area (Å²) in [5.41, 5.74) is 3.87. The van der Waals surface area contributed by atoms with Gasteiger partial charge in [-0.15, -0.1) is 0 Å². The van der Waals surface area contributed by atoms with Gasteiger partial charge in [-0.2, -0.15) is 0 Å². The van der Waals surface area contributed by atoms with E-state index in [0.717, 1.165) is 0 Å². The number of hydrogen-bond donors (Lipinski definition) is 0. The van der Waals surface area contributed by atoms with Crippen molar-refractivity contribution in [1.82, 2.24) is 0 Å². The van der Waals surface area contributed by atoms with Gasteiger partial charge in [-0.25, -0.2) is 0 Å². The molecule has 0 aliphatic carbocycles. The maximum Gasteiger partial charge on any atom is -0.0184 e. The summed E-state index contributed by atoms with van der Waals surface area (Å²) in [5, 5.41) is 0. The zero-order chi connectivity index (χ0) is 17.1. The Labute approximate surface area is 134 Å². The number of rotatable bonds is 1. The summed E-state index contributed by atoms with van der Waals surface area (Å²) in [7, 11) is 0. The monoisotopic (exact) mass is 288 g/mol. The van der Waals surface area contributed by atoms with Crippen LogP contribution in [0, 0.1) is 6.92 Å². The first-order valence-corrected chi connectivity index (χ1v) is 8.48. The predicted molar refractivity (Wildman–Crippen MR) is 102 cm³/mol. The van der Waals surface area contributed by atoms with Gasteiger partial charge in [0, 0.05) is 0 Å². The molecule has 0 N–H and O–H groups in total. The second-order valence-corrected chi connectivity index (χ2v) is 3.23. The largest absolute Gasteiger partial charge is 0.0683 e. The normalized spacial score (nSPS) is 7.29. The molecule has 0 heterocycles. The van der Waals surface area contributed by atoms with Crippen LogP contribution in [0.5, 0.6) is 0 Å². The van der Waals surface area contributed by atoms with E-state index in [4.69, 9.17) is 0 Å². The van der Waals surface area contributed by atoms with E-state index in [1.54, 1.807) is 0 Å². The SMILES string of the molecule is CC.CC.CC.CC.Cc1ccc(-c2ccccc2)cc1. The zero-order valence-corrected chi connectivity index (χ0v) is 15.7. The quantitative estimate of drug-likeness (QED) is 0.503. The van der Waals surface area contributed by atoms with Crippen LogP contribution < -0.4 is 0 Å². The first-order valence-electron chi connectivity index (χ1n) is 8.48. The topological polar surface area (TPSA) is 0 Å². The Morgan fingerprint density at radius 1 is 0.429 bits per heavy atom. The van der Waals surface area contributed by atoms with Crippen molar-refractivity contribution in [1.29, 1.82) is 0 Å². The minimum Gasteiger partial charge on any atom is -0.0683 e. The molecule has 0 nitrogen and oxygen atoms in total. The molecular weight excluding hydrogens is 252 g/mol. The summed E-state index contributed by atoms with van der Waals surface area (Å²) >= 11 is 0. The molecule has 0 aliphatic heterocycles. The van der Waals surface area contributed by atoms with Gasteiger partial charge in [0.2, 0.25) is 0 Å². The minimum atomic E-state index is 1.28. The number of benzene rings is 2. The predicted octanol–water partition coefficient (Wildman–Crippen LogP) is 7.77. The summed E-state index contributed by atoms with van der Waals surface area (Å²) in [5.74, 6) is 0. The van der Waals surface area contributed by atoms with E-state index >= 15 is 0 Å². The van der Waals surface area contributed by atoms with Crippen LogP contribution in [0.2, 0.25) is 0 Å². The Morgan fingerprint density at radius 2 is 0.762 bits per heavy atom. The third-order valence-electron chi connectivity index (χ3n) is 2.16. The van der Waals surface area contributed by atoms with Crippen molar-refractivity contribution in [2.24, 2.45) is 0 Å². The Balaban J connectivity index is -0.000000353. The van der Waals surface area contributed by atoms with Gasteiger partial charge in [-0.05, 0) is 18.1 Å². The minimum absolute atomic E-state index is 1.28.